The van der Waals surface area contributed by atoms with E-state index in [1.165, 1.54) is 51.4 Å². The molecule has 2 nitrogen and oxygen atoms in total. The molecule has 0 atom stereocenters. The van der Waals surface area contributed by atoms with Gasteiger partial charge in [0.2, 0.25) is 0 Å². The van der Waals surface area contributed by atoms with E-state index in [9.17, 15) is 0 Å². The molecule has 0 aliphatic heterocycles. The summed E-state index contributed by atoms with van der Waals surface area (Å²) in [5.41, 5.74) is 0. The second-order valence-electron chi connectivity index (χ2n) is 5.15. The van der Waals surface area contributed by atoms with Crippen molar-refractivity contribution in [3.63, 3.8) is 0 Å². The summed E-state index contributed by atoms with van der Waals surface area (Å²) >= 11 is 3.39. The summed E-state index contributed by atoms with van der Waals surface area (Å²) in [5, 5.41) is 1.03. The fraction of sp³-hybridized carbons (Fsp3) is 0.882. The van der Waals surface area contributed by atoms with E-state index < -0.39 is 0 Å². The van der Waals surface area contributed by atoms with Gasteiger partial charge in [-0.15, -0.1) is 0 Å². The van der Waals surface area contributed by atoms with Crippen molar-refractivity contribution in [3.05, 3.63) is 12.2 Å². The van der Waals surface area contributed by atoms with Gasteiger partial charge in [-0.3, -0.25) is 0 Å². The Morgan fingerprint density at radius 2 is 1.35 bits per heavy atom. The molecule has 0 saturated carbocycles. The molecule has 0 aliphatic rings. The SMILES string of the molecule is CCCCCCCCCCOCOCCC=CCCBr. The number of hydrogen-bond acceptors (Lipinski definition) is 2. The van der Waals surface area contributed by atoms with Gasteiger partial charge in [0.25, 0.3) is 0 Å². The molecule has 0 aliphatic carbocycles. The highest BCUT2D eigenvalue weighted by molar-refractivity contribution is 9.09. The fourth-order valence-corrected chi connectivity index (χ4v) is 2.23. The van der Waals surface area contributed by atoms with Gasteiger partial charge in [0.05, 0.1) is 6.61 Å². The lowest BCUT2D eigenvalue weighted by molar-refractivity contribution is -0.0531. The van der Waals surface area contributed by atoms with Gasteiger partial charge in [-0.05, 0) is 19.3 Å². The topological polar surface area (TPSA) is 18.5 Å². The monoisotopic (exact) mass is 348 g/mol. The normalized spacial score (nSPS) is 11.5. The molecule has 0 aromatic heterocycles. The quantitative estimate of drug-likeness (QED) is 0.151. The maximum absolute atomic E-state index is 5.45. The van der Waals surface area contributed by atoms with E-state index in [0.717, 1.165) is 31.4 Å². The molecule has 0 fully saturated rings. The van der Waals surface area contributed by atoms with Crippen LogP contribution in [0.15, 0.2) is 12.2 Å². The Hall–Kier alpha value is 0.140. The summed E-state index contributed by atoms with van der Waals surface area (Å²) in [6.07, 6.45) is 17.2. The number of ether oxygens (including phenoxy) is 2. The van der Waals surface area contributed by atoms with Crippen LogP contribution in [0.2, 0.25) is 0 Å². The largest absolute Gasteiger partial charge is 0.355 e. The Balaban J connectivity index is 2.96. The minimum absolute atomic E-state index is 0.447. The van der Waals surface area contributed by atoms with Crippen LogP contribution in [0.3, 0.4) is 0 Å². The van der Waals surface area contributed by atoms with Crippen LogP contribution in [0.5, 0.6) is 0 Å². The molecule has 0 rings (SSSR count). The molecule has 20 heavy (non-hydrogen) atoms. The fourth-order valence-electron chi connectivity index (χ4n) is 1.96. The average molecular weight is 349 g/mol. The van der Waals surface area contributed by atoms with Crippen molar-refractivity contribution in [2.75, 3.05) is 25.3 Å². The molecule has 0 N–H and O–H groups in total. The third-order valence-corrected chi connectivity index (χ3v) is 3.64. The molecule has 0 unspecified atom stereocenters. The van der Waals surface area contributed by atoms with Gasteiger partial charge in [-0.25, -0.2) is 0 Å². The number of alkyl halides is 1. The molecule has 0 radical (unpaired) electrons. The lowest BCUT2D eigenvalue weighted by atomic mass is 10.1. The number of hydrogen-bond donors (Lipinski definition) is 0. The predicted octanol–water partition coefficient (Wildman–Crippen LogP) is 5.85. The lowest BCUT2D eigenvalue weighted by Gasteiger charge is -2.05. The van der Waals surface area contributed by atoms with Crippen LogP contribution in [0.25, 0.3) is 0 Å². The van der Waals surface area contributed by atoms with Crippen molar-refractivity contribution in [3.8, 4) is 0 Å². The molecule has 0 spiro atoms. The first-order valence-corrected chi connectivity index (χ1v) is 9.40. The van der Waals surface area contributed by atoms with Gasteiger partial charge in [0.15, 0.2) is 0 Å². The minimum Gasteiger partial charge on any atom is -0.355 e. The van der Waals surface area contributed by atoms with Crippen molar-refractivity contribution < 1.29 is 9.47 Å². The zero-order valence-corrected chi connectivity index (χ0v) is 14.8. The minimum atomic E-state index is 0.447. The van der Waals surface area contributed by atoms with E-state index >= 15 is 0 Å². The highest BCUT2D eigenvalue weighted by Gasteiger charge is 1.92. The lowest BCUT2D eigenvalue weighted by Crippen LogP contribution is -2.02. The first kappa shape index (κ1) is 20.1. The van der Waals surface area contributed by atoms with Crippen LogP contribution in [0.1, 0.15) is 71.1 Å². The summed E-state index contributed by atoms with van der Waals surface area (Å²) in [4.78, 5) is 0. The van der Waals surface area contributed by atoms with Crippen molar-refractivity contribution in [2.45, 2.75) is 71.1 Å². The van der Waals surface area contributed by atoms with Crippen LogP contribution in [-0.2, 0) is 9.47 Å². The Morgan fingerprint density at radius 3 is 2.05 bits per heavy atom. The van der Waals surface area contributed by atoms with Crippen LogP contribution in [-0.4, -0.2) is 25.3 Å². The van der Waals surface area contributed by atoms with Crippen molar-refractivity contribution >= 4 is 15.9 Å². The van der Waals surface area contributed by atoms with Gasteiger partial charge in [-0.2, -0.15) is 0 Å². The molecule has 0 heterocycles. The number of halogens is 1. The molecule has 0 bridgehead atoms. The van der Waals surface area contributed by atoms with Gasteiger partial charge in [0.1, 0.15) is 6.79 Å². The molecule has 120 valence electrons. The third-order valence-electron chi connectivity index (χ3n) is 3.18. The van der Waals surface area contributed by atoms with E-state index in [4.69, 9.17) is 9.47 Å². The van der Waals surface area contributed by atoms with Crippen molar-refractivity contribution in [1.82, 2.24) is 0 Å². The van der Waals surface area contributed by atoms with Gasteiger partial charge in [0, 0.05) is 11.9 Å². The number of unbranched alkanes of at least 4 members (excludes halogenated alkanes) is 7. The van der Waals surface area contributed by atoms with Crippen LogP contribution < -0.4 is 0 Å². The van der Waals surface area contributed by atoms with Crippen LogP contribution in [0, 0.1) is 0 Å². The second kappa shape index (κ2) is 19.1. The van der Waals surface area contributed by atoms with E-state index in [0.29, 0.717) is 6.79 Å². The number of rotatable bonds is 16. The summed E-state index contributed by atoms with van der Waals surface area (Å²) in [6, 6.07) is 0. The Morgan fingerprint density at radius 1 is 0.750 bits per heavy atom. The highest BCUT2D eigenvalue weighted by atomic mass is 79.9. The zero-order chi connectivity index (χ0) is 14.7. The van der Waals surface area contributed by atoms with E-state index in [1.54, 1.807) is 0 Å². The molecular formula is C17H33BrO2. The van der Waals surface area contributed by atoms with Gasteiger partial charge >= 0.3 is 0 Å². The molecular weight excluding hydrogens is 316 g/mol. The summed E-state index contributed by atoms with van der Waals surface area (Å²) < 4.78 is 10.9. The maximum Gasteiger partial charge on any atom is 0.146 e. The predicted molar refractivity (Wildman–Crippen MR) is 91.5 cm³/mol. The Labute approximate surface area is 134 Å². The molecule has 0 saturated heterocycles. The zero-order valence-electron chi connectivity index (χ0n) is 13.2. The van der Waals surface area contributed by atoms with E-state index in [1.807, 2.05) is 0 Å². The molecule has 0 aromatic carbocycles. The molecule has 3 heteroatoms. The summed E-state index contributed by atoms with van der Waals surface area (Å²) in [7, 11) is 0. The molecule has 0 aromatic rings. The standard InChI is InChI=1S/C17H33BrO2/c1-2-3-4-5-6-7-9-12-15-19-17-20-16-13-10-8-11-14-18/h8,10H,2-7,9,11-17H2,1H3. The van der Waals surface area contributed by atoms with Gasteiger partial charge < -0.3 is 9.47 Å². The average Bonchev–Trinajstić information content (AvgIpc) is 2.47. The van der Waals surface area contributed by atoms with E-state index in [-0.39, 0.29) is 0 Å². The first-order chi connectivity index (χ1) is 9.91. The first-order valence-electron chi connectivity index (χ1n) is 8.28. The van der Waals surface area contributed by atoms with Gasteiger partial charge in [-0.1, -0.05) is 80.0 Å². The molecule has 0 amide bonds. The second-order valence-corrected chi connectivity index (χ2v) is 5.94. The van der Waals surface area contributed by atoms with Crippen LogP contribution >= 0.6 is 15.9 Å². The van der Waals surface area contributed by atoms with Crippen molar-refractivity contribution in [1.29, 1.82) is 0 Å². The van der Waals surface area contributed by atoms with Crippen molar-refractivity contribution in [2.24, 2.45) is 0 Å². The number of allylic oxidation sites excluding steroid dienone is 1. The van der Waals surface area contributed by atoms with Crippen LogP contribution in [0.4, 0.5) is 0 Å². The smallest absolute Gasteiger partial charge is 0.146 e. The third kappa shape index (κ3) is 18.1. The summed E-state index contributed by atoms with van der Waals surface area (Å²) in [6.45, 7) is 4.31. The highest BCUT2D eigenvalue weighted by Crippen LogP contribution is 2.08. The van der Waals surface area contributed by atoms with E-state index in [2.05, 4.69) is 35.0 Å². The Kier molecular flexibility index (Phi) is 19.3. The maximum atomic E-state index is 5.45. The summed E-state index contributed by atoms with van der Waals surface area (Å²) in [5.74, 6) is 0. The Bertz CT molecular complexity index is 195.